The highest BCUT2D eigenvalue weighted by Crippen LogP contribution is 2.30. The number of hydrogen-bond donors (Lipinski definition) is 0. The molecule has 0 saturated heterocycles. The third-order valence-electron chi connectivity index (χ3n) is 5.67. The Morgan fingerprint density at radius 1 is 0.867 bits per heavy atom. The van der Waals surface area contributed by atoms with E-state index in [-0.39, 0.29) is 5.56 Å². The lowest BCUT2D eigenvalue weighted by Crippen LogP contribution is -2.37. The summed E-state index contributed by atoms with van der Waals surface area (Å²) in [6.45, 7) is 4.09. The van der Waals surface area contributed by atoms with Crippen molar-refractivity contribution in [3.63, 3.8) is 0 Å². The van der Waals surface area contributed by atoms with E-state index in [1.807, 2.05) is 42.0 Å². The maximum absolute atomic E-state index is 13.0. The van der Waals surface area contributed by atoms with Crippen molar-refractivity contribution < 1.29 is 0 Å². The maximum atomic E-state index is 13.0. The molecule has 7 nitrogen and oxygen atoms in total. The number of nitrogens with zero attached hydrogens (tertiary/aromatic N) is 5. The van der Waals surface area contributed by atoms with Crippen LogP contribution in [0, 0.1) is 13.8 Å². The summed E-state index contributed by atoms with van der Waals surface area (Å²) >= 11 is 0. The molecule has 7 heteroatoms. The van der Waals surface area contributed by atoms with E-state index in [0.29, 0.717) is 16.9 Å². The Bertz CT molecular complexity index is 1560. The Morgan fingerprint density at radius 3 is 2.27 bits per heavy atom. The molecule has 5 rings (SSSR count). The largest absolute Gasteiger partial charge is 0.332 e. The van der Waals surface area contributed by atoms with Crippen LogP contribution in [0.25, 0.3) is 33.9 Å². The first kappa shape index (κ1) is 18.2. The maximum Gasteiger partial charge on any atom is 0.332 e. The third-order valence-corrected chi connectivity index (χ3v) is 5.67. The van der Waals surface area contributed by atoms with Crippen molar-refractivity contribution in [1.82, 2.24) is 23.1 Å². The quantitative estimate of drug-likeness (QED) is 0.458. The van der Waals surface area contributed by atoms with Gasteiger partial charge >= 0.3 is 5.69 Å². The van der Waals surface area contributed by atoms with E-state index in [1.54, 1.807) is 11.4 Å². The van der Waals surface area contributed by atoms with Crippen molar-refractivity contribution in [2.45, 2.75) is 13.8 Å². The van der Waals surface area contributed by atoms with Gasteiger partial charge in [0.2, 0.25) is 5.78 Å². The molecule has 0 bridgehead atoms. The van der Waals surface area contributed by atoms with Gasteiger partial charge in [-0.15, -0.1) is 0 Å². The van der Waals surface area contributed by atoms with Crippen molar-refractivity contribution >= 4 is 16.9 Å². The van der Waals surface area contributed by atoms with Crippen molar-refractivity contribution in [3.8, 4) is 16.9 Å². The molecule has 30 heavy (non-hydrogen) atoms. The van der Waals surface area contributed by atoms with Crippen molar-refractivity contribution in [2.24, 2.45) is 14.1 Å². The molecule has 5 aromatic rings. The molecule has 0 amide bonds. The minimum atomic E-state index is -0.394. The number of rotatable bonds is 2. The molecular weight excluding hydrogens is 378 g/mol. The molecule has 0 unspecified atom stereocenters. The minimum Gasteiger partial charge on any atom is -0.279 e. The SMILES string of the molecule is Cc1ccc(-c2cn3c4c(=O)n(C)c(=O)n(C)c4nc3n2-c2ccccc2C)cc1. The number of aryl methyl sites for hydroxylation is 3. The summed E-state index contributed by atoms with van der Waals surface area (Å²) in [7, 11) is 3.12. The summed E-state index contributed by atoms with van der Waals surface area (Å²) in [5.74, 6) is 0.591. The Kier molecular flexibility index (Phi) is 3.83. The highest BCUT2D eigenvalue weighted by atomic mass is 16.2. The fourth-order valence-electron chi connectivity index (χ4n) is 3.95. The zero-order valence-corrected chi connectivity index (χ0v) is 17.2. The van der Waals surface area contributed by atoms with Crippen LogP contribution in [0.4, 0.5) is 0 Å². The van der Waals surface area contributed by atoms with Gasteiger partial charge in [-0.3, -0.25) is 22.9 Å². The minimum absolute atomic E-state index is 0.363. The zero-order valence-electron chi connectivity index (χ0n) is 17.2. The average molecular weight is 399 g/mol. The molecule has 0 spiro atoms. The van der Waals surface area contributed by atoms with Crippen LogP contribution in [0.5, 0.6) is 0 Å². The van der Waals surface area contributed by atoms with E-state index in [9.17, 15) is 9.59 Å². The van der Waals surface area contributed by atoms with Crippen molar-refractivity contribution in [2.75, 3.05) is 0 Å². The number of fused-ring (bicyclic) bond motifs is 3. The number of hydrogen-bond acceptors (Lipinski definition) is 3. The van der Waals surface area contributed by atoms with Gasteiger partial charge in [-0.2, -0.15) is 4.98 Å². The van der Waals surface area contributed by atoms with Crippen LogP contribution in [-0.2, 0) is 14.1 Å². The predicted molar refractivity (Wildman–Crippen MR) is 117 cm³/mol. The Balaban J connectivity index is 1.99. The number of benzene rings is 2. The van der Waals surface area contributed by atoms with E-state index < -0.39 is 5.69 Å². The molecule has 0 aliphatic heterocycles. The molecule has 150 valence electrons. The van der Waals surface area contributed by atoms with Crippen molar-refractivity contribution in [1.29, 1.82) is 0 Å². The molecule has 0 radical (unpaired) electrons. The van der Waals surface area contributed by atoms with Gasteiger partial charge in [0.05, 0.1) is 11.4 Å². The summed E-state index contributed by atoms with van der Waals surface area (Å²) in [6.07, 6.45) is 1.92. The Labute approximate surface area is 172 Å². The monoisotopic (exact) mass is 399 g/mol. The second-order valence-corrected chi connectivity index (χ2v) is 7.66. The lowest BCUT2D eigenvalue weighted by molar-refractivity contribution is 0.708. The van der Waals surface area contributed by atoms with Gasteiger partial charge in [0, 0.05) is 25.9 Å². The van der Waals surface area contributed by atoms with E-state index in [0.717, 1.165) is 27.1 Å². The van der Waals surface area contributed by atoms with Gasteiger partial charge in [-0.05, 0) is 25.5 Å². The van der Waals surface area contributed by atoms with Gasteiger partial charge in [0.25, 0.3) is 5.56 Å². The lowest BCUT2D eigenvalue weighted by atomic mass is 10.1. The highest BCUT2D eigenvalue weighted by Gasteiger charge is 2.22. The fraction of sp³-hybridized carbons (Fsp3) is 0.174. The Hall–Kier alpha value is -3.87. The molecule has 0 N–H and O–H groups in total. The summed E-state index contributed by atoms with van der Waals surface area (Å²) in [6, 6.07) is 16.3. The summed E-state index contributed by atoms with van der Waals surface area (Å²) < 4.78 is 6.37. The summed E-state index contributed by atoms with van der Waals surface area (Å²) in [5, 5.41) is 0. The van der Waals surface area contributed by atoms with E-state index >= 15 is 0 Å². The van der Waals surface area contributed by atoms with Crippen LogP contribution in [0.1, 0.15) is 11.1 Å². The van der Waals surface area contributed by atoms with Gasteiger partial charge in [0.15, 0.2) is 11.2 Å². The van der Waals surface area contributed by atoms with Gasteiger partial charge in [0.1, 0.15) is 0 Å². The molecule has 0 aliphatic rings. The molecule has 0 saturated carbocycles. The molecular formula is C23H21N5O2. The van der Waals surface area contributed by atoms with Gasteiger partial charge in [-0.25, -0.2) is 4.79 Å². The summed E-state index contributed by atoms with van der Waals surface area (Å²) in [4.78, 5) is 30.1. The van der Waals surface area contributed by atoms with Crippen LogP contribution in [0.15, 0.2) is 64.3 Å². The van der Waals surface area contributed by atoms with E-state index in [2.05, 4.69) is 31.2 Å². The first-order valence-electron chi connectivity index (χ1n) is 9.71. The van der Waals surface area contributed by atoms with Gasteiger partial charge in [-0.1, -0.05) is 48.0 Å². The molecule has 0 aliphatic carbocycles. The highest BCUT2D eigenvalue weighted by molar-refractivity contribution is 5.79. The first-order valence-corrected chi connectivity index (χ1v) is 9.71. The van der Waals surface area contributed by atoms with Gasteiger partial charge < -0.3 is 0 Å². The zero-order chi connectivity index (χ0) is 21.2. The average Bonchev–Trinajstić information content (AvgIpc) is 3.28. The second kappa shape index (κ2) is 6.32. The number of para-hydroxylation sites is 1. The normalized spacial score (nSPS) is 11.6. The van der Waals surface area contributed by atoms with E-state index in [1.165, 1.54) is 17.2 Å². The first-order chi connectivity index (χ1) is 14.4. The van der Waals surface area contributed by atoms with Crippen LogP contribution in [0.3, 0.4) is 0 Å². The second-order valence-electron chi connectivity index (χ2n) is 7.66. The summed E-state index contributed by atoms with van der Waals surface area (Å²) in [5.41, 5.74) is 5.16. The van der Waals surface area contributed by atoms with Crippen molar-refractivity contribution in [3.05, 3.63) is 86.7 Å². The molecule has 3 aromatic heterocycles. The van der Waals surface area contributed by atoms with Crippen LogP contribution in [-0.4, -0.2) is 23.1 Å². The smallest absolute Gasteiger partial charge is 0.279 e. The standard InChI is InChI=1S/C23H21N5O2/c1-14-9-11-16(12-10-14)18-13-27-19-20(25(3)23(30)26(4)21(19)29)24-22(27)28(18)17-8-6-5-7-15(17)2/h5-13H,1-4H3. The molecule has 3 heterocycles. The third kappa shape index (κ3) is 2.41. The fourth-order valence-corrected chi connectivity index (χ4v) is 3.95. The molecule has 0 fully saturated rings. The van der Waals surface area contributed by atoms with Crippen LogP contribution >= 0.6 is 0 Å². The number of aromatic nitrogens is 5. The molecule has 0 atom stereocenters. The lowest BCUT2D eigenvalue weighted by Gasteiger charge is -2.12. The number of imidazole rings is 2. The van der Waals surface area contributed by atoms with Crippen LogP contribution < -0.4 is 11.2 Å². The Morgan fingerprint density at radius 2 is 1.57 bits per heavy atom. The topological polar surface area (TPSA) is 66.2 Å². The van der Waals surface area contributed by atoms with E-state index in [4.69, 9.17) is 4.98 Å². The predicted octanol–water partition coefficient (Wildman–Crippen LogP) is 2.96. The van der Waals surface area contributed by atoms with Crippen LogP contribution in [0.2, 0.25) is 0 Å². The molecule has 2 aromatic carbocycles.